The summed E-state index contributed by atoms with van der Waals surface area (Å²) >= 11 is 0. The number of nitrogens with one attached hydrogen (secondary N) is 1. The van der Waals surface area contributed by atoms with Crippen molar-refractivity contribution in [1.82, 2.24) is 5.32 Å². The van der Waals surface area contributed by atoms with Crippen LogP contribution in [0.2, 0.25) is 0 Å². The van der Waals surface area contributed by atoms with Crippen molar-refractivity contribution in [1.29, 1.82) is 0 Å². The van der Waals surface area contributed by atoms with Crippen LogP contribution >= 0.6 is 0 Å². The number of alkyl carbamates (subject to hydrolysis) is 1. The fraction of sp³-hybridized carbons (Fsp3) is 0.889. The van der Waals surface area contributed by atoms with Gasteiger partial charge in [-0.25, -0.2) is 18.0 Å². The highest BCUT2D eigenvalue weighted by molar-refractivity contribution is 5.67. The number of aliphatic hydroxyl groups excluding tert-OH is 1. The normalized spacial score (nSPS) is 15.8. The van der Waals surface area contributed by atoms with E-state index in [2.05, 4.69) is 0 Å². The van der Waals surface area contributed by atoms with Crippen molar-refractivity contribution in [3.63, 3.8) is 0 Å². The monoisotopic (exact) mass is 243 g/mol. The van der Waals surface area contributed by atoms with Gasteiger partial charge in [-0.05, 0) is 20.8 Å². The highest BCUT2D eigenvalue weighted by Crippen LogP contribution is 2.09. The molecule has 0 aliphatic carbocycles. The molecular weight excluding hydrogens is 227 g/mol. The van der Waals surface area contributed by atoms with Gasteiger partial charge in [-0.2, -0.15) is 0 Å². The fourth-order valence-electron chi connectivity index (χ4n) is 0.774. The molecule has 0 saturated heterocycles. The Morgan fingerprint density at radius 1 is 1.38 bits per heavy atom. The number of aliphatic hydroxyl groups is 1. The lowest BCUT2D eigenvalue weighted by Crippen LogP contribution is -2.41. The molecule has 0 aliphatic rings. The minimum Gasteiger partial charge on any atom is -0.444 e. The van der Waals surface area contributed by atoms with Crippen LogP contribution in [0.15, 0.2) is 0 Å². The Labute approximate surface area is 91.8 Å². The molecule has 2 atom stereocenters. The Balaban J connectivity index is 3.93. The largest absolute Gasteiger partial charge is 0.444 e. The van der Waals surface area contributed by atoms with E-state index < -0.39 is 36.9 Å². The van der Waals surface area contributed by atoms with Crippen molar-refractivity contribution < 1.29 is 27.8 Å². The number of hydrogen-bond acceptors (Lipinski definition) is 3. The van der Waals surface area contributed by atoms with Gasteiger partial charge in [0.2, 0.25) is 0 Å². The van der Waals surface area contributed by atoms with Crippen molar-refractivity contribution >= 4 is 6.09 Å². The lowest BCUT2D eigenvalue weighted by molar-refractivity contribution is -0.0481. The minimum atomic E-state index is -3.18. The number of carbonyl (C=O) groups is 1. The summed E-state index contributed by atoms with van der Waals surface area (Å²) in [6, 6.07) is 0. The topological polar surface area (TPSA) is 58.6 Å². The lowest BCUT2D eigenvalue weighted by Gasteiger charge is -2.21. The Bertz CT molecular complexity index is 231. The van der Waals surface area contributed by atoms with Crippen LogP contribution < -0.4 is 5.32 Å². The molecule has 7 heteroatoms. The van der Waals surface area contributed by atoms with Crippen LogP contribution in [0, 0.1) is 0 Å². The van der Waals surface area contributed by atoms with E-state index in [-0.39, 0.29) is 0 Å². The molecule has 0 aromatic carbocycles. The molecule has 0 aliphatic heterocycles. The Kier molecular flexibility index (Phi) is 5.57. The van der Waals surface area contributed by atoms with Crippen LogP contribution in [0.4, 0.5) is 18.0 Å². The quantitative estimate of drug-likeness (QED) is 0.786. The first-order valence-electron chi connectivity index (χ1n) is 4.70. The highest BCUT2D eigenvalue weighted by Gasteiger charge is 2.28. The molecule has 0 fully saturated rings. The molecular formula is C9H16F3NO3. The van der Waals surface area contributed by atoms with E-state index in [4.69, 9.17) is 9.84 Å². The molecule has 2 N–H and O–H groups in total. The zero-order chi connectivity index (χ0) is 12.9. The predicted molar refractivity (Wildman–Crippen MR) is 51.1 cm³/mol. The Morgan fingerprint density at radius 2 is 1.88 bits per heavy atom. The number of ether oxygens (including phenoxy) is 1. The van der Waals surface area contributed by atoms with Crippen molar-refractivity contribution in [2.75, 3.05) is 6.54 Å². The fourth-order valence-corrected chi connectivity index (χ4v) is 0.774. The average Bonchev–Trinajstić information content (AvgIpc) is 2.09. The maximum absolute atomic E-state index is 12.8. The van der Waals surface area contributed by atoms with Gasteiger partial charge in [-0.1, -0.05) is 0 Å². The SMILES string of the molecule is CC(C)(C)OC(=O)NCC(F)C(O)C(F)F. The molecule has 0 radical (unpaired) electrons. The average molecular weight is 243 g/mol. The van der Waals surface area contributed by atoms with Crippen LogP contribution in [0.1, 0.15) is 20.8 Å². The first-order valence-corrected chi connectivity index (χ1v) is 4.70. The maximum atomic E-state index is 12.8. The summed E-state index contributed by atoms with van der Waals surface area (Å²) in [5, 5.41) is 10.6. The van der Waals surface area contributed by atoms with Gasteiger partial charge in [0, 0.05) is 0 Å². The summed E-state index contributed by atoms with van der Waals surface area (Å²) in [6.45, 7) is 4.09. The number of alkyl halides is 3. The van der Waals surface area contributed by atoms with E-state index in [1.165, 1.54) is 0 Å². The Morgan fingerprint density at radius 3 is 2.25 bits per heavy atom. The molecule has 2 unspecified atom stereocenters. The first-order chi connectivity index (χ1) is 7.13. The third kappa shape index (κ3) is 6.49. The molecule has 16 heavy (non-hydrogen) atoms. The molecule has 0 aromatic heterocycles. The van der Waals surface area contributed by atoms with Crippen molar-refractivity contribution in [2.45, 2.75) is 45.1 Å². The highest BCUT2D eigenvalue weighted by atomic mass is 19.3. The molecule has 0 heterocycles. The predicted octanol–water partition coefficient (Wildman–Crippen LogP) is 1.48. The number of rotatable bonds is 4. The van der Waals surface area contributed by atoms with E-state index >= 15 is 0 Å². The van der Waals surface area contributed by atoms with Crippen LogP contribution in [-0.2, 0) is 4.74 Å². The second kappa shape index (κ2) is 5.93. The van der Waals surface area contributed by atoms with Gasteiger partial charge in [0.05, 0.1) is 6.54 Å². The molecule has 0 spiro atoms. The lowest BCUT2D eigenvalue weighted by atomic mass is 10.2. The van der Waals surface area contributed by atoms with Crippen LogP contribution in [0.3, 0.4) is 0 Å². The number of hydrogen-bond donors (Lipinski definition) is 2. The first kappa shape index (κ1) is 15.0. The second-order valence-corrected chi connectivity index (χ2v) is 4.22. The van der Waals surface area contributed by atoms with Crippen molar-refractivity contribution in [3.05, 3.63) is 0 Å². The van der Waals surface area contributed by atoms with Gasteiger partial charge >= 0.3 is 6.09 Å². The second-order valence-electron chi connectivity index (χ2n) is 4.22. The standard InChI is InChI=1S/C9H16F3NO3/c1-9(2,3)16-8(15)13-4-5(10)6(14)7(11)12/h5-7,14H,4H2,1-3H3,(H,13,15). The van der Waals surface area contributed by atoms with Crippen molar-refractivity contribution in [2.24, 2.45) is 0 Å². The summed E-state index contributed by atoms with van der Waals surface area (Å²) in [5.74, 6) is 0. The number of halogens is 3. The summed E-state index contributed by atoms with van der Waals surface area (Å²) in [6.07, 6.45) is -8.74. The van der Waals surface area contributed by atoms with Gasteiger partial charge < -0.3 is 15.2 Å². The van der Waals surface area contributed by atoms with Crippen LogP contribution in [-0.4, -0.2) is 42.0 Å². The smallest absolute Gasteiger partial charge is 0.407 e. The molecule has 0 saturated carbocycles. The van der Waals surface area contributed by atoms with Crippen LogP contribution in [0.5, 0.6) is 0 Å². The number of carbonyl (C=O) groups excluding carboxylic acids is 1. The van der Waals surface area contributed by atoms with Gasteiger partial charge in [-0.15, -0.1) is 0 Å². The molecule has 1 amide bonds. The maximum Gasteiger partial charge on any atom is 0.407 e. The number of amides is 1. The van der Waals surface area contributed by atoms with Gasteiger partial charge in [-0.3, -0.25) is 0 Å². The molecule has 0 rings (SSSR count). The molecule has 4 nitrogen and oxygen atoms in total. The van der Waals surface area contributed by atoms with E-state index in [1.54, 1.807) is 20.8 Å². The van der Waals surface area contributed by atoms with Crippen LogP contribution in [0.25, 0.3) is 0 Å². The van der Waals surface area contributed by atoms with E-state index in [0.29, 0.717) is 0 Å². The van der Waals surface area contributed by atoms with Gasteiger partial charge in [0.1, 0.15) is 17.9 Å². The van der Waals surface area contributed by atoms with E-state index in [1.807, 2.05) is 5.32 Å². The van der Waals surface area contributed by atoms with E-state index in [0.717, 1.165) is 0 Å². The summed E-state index contributed by atoms with van der Waals surface area (Å²) in [7, 11) is 0. The minimum absolute atomic E-state index is 0.722. The third-order valence-corrected chi connectivity index (χ3v) is 1.47. The third-order valence-electron chi connectivity index (χ3n) is 1.47. The van der Waals surface area contributed by atoms with E-state index in [9.17, 15) is 18.0 Å². The van der Waals surface area contributed by atoms with Gasteiger partial charge in [0.15, 0.2) is 0 Å². The molecule has 0 aromatic rings. The summed E-state index contributed by atoms with van der Waals surface area (Å²) < 4.78 is 41.3. The zero-order valence-corrected chi connectivity index (χ0v) is 9.34. The zero-order valence-electron chi connectivity index (χ0n) is 9.34. The molecule has 0 bridgehead atoms. The summed E-state index contributed by atoms with van der Waals surface area (Å²) in [5.41, 5.74) is -0.753. The Hall–Kier alpha value is -0.980. The molecule has 96 valence electrons. The van der Waals surface area contributed by atoms with Gasteiger partial charge in [0.25, 0.3) is 6.43 Å². The summed E-state index contributed by atoms with van der Waals surface area (Å²) in [4.78, 5) is 11.0. The van der Waals surface area contributed by atoms with Crippen molar-refractivity contribution in [3.8, 4) is 0 Å².